The predicted molar refractivity (Wildman–Crippen MR) is 85.0 cm³/mol. The van der Waals surface area contributed by atoms with Crippen molar-refractivity contribution in [3.63, 3.8) is 0 Å². The van der Waals surface area contributed by atoms with Gasteiger partial charge in [-0.1, -0.05) is 6.92 Å². The highest BCUT2D eigenvalue weighted by molar-refractivity contribution is 5.30. The van der Waals surface area contributed by atoms with E-state index in [2.05, 4.69) is 15.1 Å². The van der Waals surface area contributed by atoms with Gasteiger partial charge < -0.3 is 10.0 Å². The van der Waals surface area contributed by atoms with Gasteiger partial charge in [0.15, 0.2) is 5.69 Å². The number of anilines is 1. The summed E-state index contributed by atoms with van der Waals surface area (Å²) in [7, 11) is 0. The number of alkyl halides is 3. The van der Waals surface area contributed by atoms with Crippen LogP contribution in [0.3, 0.4) is 0 Å². The van der Waals surface area contributed by atoms with Gasteiger partial charge in [-0.3, -0.25) is 4.68 Å². The Bertz CT molecular complexity index is 706. The van der Waals surface area contributed by atoms with Crippen LogP contribution in [0.4, 0.5) is 19.1 Å². The van der Waals surface area contributed by atoms with E-state index in [1.807, 2.05) is 11.8 Å². The van der Waals surface area contributed by atoms with Gasteiger partial charge in [-0.15, -0.1) is 0 Å². The highest BCUT2D eigenvalue weighted by Crippen LogP contribution is 2.33. The highest BCUT2D eigenvalue weighted by Gasteiger charge is 2.37. The molecule has 0 unspecified atom stereocenters. The van der Waals surface area contributed by atoms with Gasteiger partial charge in [0.25, 0.3) is 0 Å². The van der Waals surface area contributed by atoms with E-state index in [9.17, 15) is 13.2 Å². The molecule has 1 fully saturated rings. The second kappa shape index (κ2) is 6.99. The summed E-state index contributed by atoms with van der Waals surface area (Å²) >= 11 is 0. The van der Waals surface area contributed by atoms with E-state index < -0.39 is 18.5 Å². The van der Waals surface area contributed by atoms with Crippen molar-refractivity contribution in [1.82, 2.24) is 19.7 Å². The van der Waals surface area contributed by atoms with Crippen molar-refractivity contribution in [3.8, 4) is 0 Å². The van der Waals surface area contributed by atoms with E-state index in [1.165, 1.54) is 10.9 Å². The lowest BCUT2D eigenvalue weighted by atomic mass is 10.1. The topological polar surface area (TPSA) is 67.1 Å². The first-order chi connectivity index (χ1) is 11.9. The molecule has 3 heterocycles. The molecule has 9 heteroatoms. The average Bonchev–Trinajstić information content (AvgIpc) is 3.07. The number of hydrogen-bond acceptors (Lipinski definition) is 5. The number of piperidine rings is 1. The number of aryl methyl sites for hydroxylation is 1. The molecule has 0 spiro atoms. The van der Waals surface area contributed by atoms with Crippen molar-refractivity contribution in [2.75, 3.05) is 18.0 Å². The Morgan fingerprint density at radius 3 is 2.32 bits per heavy atom. The molecule has 2 aromatic rings. The maximum Gasteiger partial charge on any atom is 0.435 e. The standard InChI is InChI=1S/C16H20F3N5O/c1-2-11-7-20-15(21-8-11)23-5-3-13(4-6-23)24-9-12(10-25)14(22-24)16(17,18)19/h7-9,13,25H,2-6,10H2,1H3. The van der Waals surface area contributed by atoms with E-state index in [0.29, 0.717) is 31.9 Å². The van der Waals surface area contributed by atoms with Crippen LogP contribution in [0.1, 0.15) is 42.6 Å². The van der Waals surface area contributed by atoms with Gasteiger partial charge in [-0.25, -0.2) is 9.97 Å². The molecule has 0 bridgehead atoms. The minimum absolute atomic E-state index is 0.132. The molecule has 2 aromatic heterocycles. The van der Waals surface area contributed by atoms with Gasteiger partial charge in [0.1, 0.15) is 0 Å². The molecule has 1 saturated heterocycles. The lowest BCUT2D eigenvalue weighted by Gasteiger charge is -2.32. The Kier molecular flexibility index (Phi) is 4.94. The van der Waals surface area contributed by atoms with Crippen molar-refractivity contribution in [2.45, 2.75) is 45.0 Å². The lowest BCUT2D eigenvalue weighted by Crippen LogP contribution is -2.36. The van der Waals surface area contributed by atoms with Crippen molar-refractivity contribution in [2.24, 2.45) is 0 Å². The van der Waals surface area contributed by atoms with Crippen LogP contribution in [-0.2, 0) is 19.2 Å². The third-order valence-corrected chi connectivity index (χ3v) is 4.47. The SMILES string of the molecule is CCc1cnc(N2CCC(n3cc(CO)c(C(F)(F)F)n3)CC2)nc1. The number of aliphatic hydroxyl groups excluding tert-OH is 1. The first-order valence-corrected chi connectivity index (χ1v) is 8.24. The largest absolute Gasteiger partial charge is 0.435 e. The molecule has 1 N–H and O–H groups in total. The van der Waals surface area contributed by atoms with E-state index in [-0.39, 0.29) is 11.6 Å². The van der Waals surface area contributed by atoms with Crippen LogP contribution in [0.2, 0.25) is 0 Å². The van der Waals surface area contributed by atoms with E-state index >= 15 is 0 Å². The third kappa shape index (κ3) is 3.76. The number of nitrogens with zero attached hydrogens (tertiary/aromatic N) is 5. The van der Waals surface area contributed by atoms with Gasteiger partial charge in [-0.2, -0.15) is 18.3 Å². The molecule has 1 aliphatic heterocycles. The highest BCUT2D eigenvalue weighted by atomic mass is 19.4. The van der Waals surface area contributed by atoms with Crippen molar-refractivity contribution >= 4 is 5.95 Å². The number of halogens is 3. The Morgan fingerprint density at radius 2 is 1.84 bits per heavy atom. The summed E-state index contributed by atoms with van der Waals surface area (Å²) < 4.78 is 40.2. The fourth-order valence-corrected chi connectivity index (χ4v) is 3.00. The molecule has 25 heavy (non-hydrogen) atoms. The third-order valence-electron chi connectivity index (χ3n) is 4.47. The van der Waals surface area contributed by atoms with Gasteiger partial charge in [0.2, 0.25) is 5.95 Å². The van der Waals surface area contributed by atoms with Gasteiger partial charge in [0.05, 0.1) is 12.6 Å². The summed E-state index contributed by atoms with van der Waals surface area (Å²) in [6.07, 6.45) is 2.49. The molecule has 0 amide bonds. The van der Waals surface area contributed by atoms with Crippen LogP contribution in [0.5, 0.6) is 0 Å². The molecular formula is C16H20F3N5O. The van der Waals surface area contributed by atoms with Crippen LogP contribution in [0, 0.1) is 0 Å². The normalized spacial score (nSPS) is 16.4. The Balaban J connectivity index is 1.68. The smallest absolute Gasteiger partial charge is 0.392 e. The zero-order chi connectivity index (χ0) is 18.0. The minimum Gasteiger partial charge on any atom is -0.392 e. The molecule has 3 rings (SSSR count). The van der Waals surface area contributed by atoms with Gasteiger partial charge in [0, 0.05) is 37.2 Å². The van der Waals surface area contributed by atoms with Crippen molar-refractivity contribution in [3.05, 3.63) is 35.4 Å². The summed E-state index contributed by atoms with van der Waals surface area (Å²) in [6.45, 7) is 2.65. The van der Waals surface area contributed by atoms with Crippen molar-refractivity contribution < 1.29 is 18.3 Å². The molecule has 0 aliphatic carbocycles. The first-order valence-electron chi connectivity index (χ1n) is 8.24. The number of aliphatic hydroxyl groups is 1. The van der Waals surface area contributed by atoms with Crippen molar-refractivity contribution in [1.29, 1.82) is 0 Å². The van der Waals surface area contributed by atoms with Crippen LogP contribution in [0.25, 0.3) is 0 Å². The predicted octanol–water partition coefficient (Wildman–Crippen LogP) is 2.59. The summed E-state index contributed by atoms with van der Waals surface area (Å²) in [5, 5.41) is 12.8. The summed E-state index contributed by atoms with van der Waals surface area (Å²) in [6, 6.07) is -0.132. The average molecular weight is 355 g/mol. The molecule has 0 atom stereocenters. The van der Waals surface area contributed by atoms with Crippen LogP contribution < -0.4 is 4.90 Å². The van der Waals surface area contributed by atoms with E-state index in [0.717, 1.165) is 12.0 Å². The zero-order valence-electron chi connectivity index (χ0n) is 13.9. The van der Waals surface area contributed by atoms with Crippen LogP contribution in [0.15, 0.2) is 18.6 Å². The van der Waals surface area contributed by atoms with Gasteiger partial charge >= 0.3 is 6.18 Å². The van der Waals surface area contributed by atoms with Gasteiger partial charge in [-0.05, 0) is 24.8 Å². The molecule has 1 aliphatic rings. The summed E-state index contributed by atoms with van der Waals surface area (Å²) in [4.78, 5) is 10.7. The Morgan fingerprint density at radius 1 is 1.20 bits per heavy atom. The molecule has 136 valence electrons. The number of aromatic nitrogens is 4. The maximum absolute atomic E-state index is 12.9. The fraction of sp³-hybridized carbons (Fsp3) is 0.562. The fourth-order valence-electron chi connectivity index (χ4n) is 3.00. The molecule has 6 nitrogen and oxygen atoms in total. The number of hydrogen-bond donors (Lipinski definition) is 1. The van der Waals surface area contributed by atoms with Crippen LogP contribution in [-0.4, -0.2) is 37.9 Å². The Hall–Kier alpha value is -2.16. The summed E-state index contributed by atoms with van der Waals surface area (Å²) in [5.74, 6) is 0.642. The summed E-state index contributed by atoms with van der Waals surface area (Å²) in [5.41, 5.74) is -0.129. The molecule has 0 saturated carbocycles. The Labute approximate surface area is 143 Å². The monoisotopic (exact) mass is 355 g/mol. The molecule has 0 radical (unpaired) electrons. The first kappa shape index (κ1) is 17.7. The van der Waals surface area contributed by atoms with E-state index in [1.54, 1.807) is 12.4 Å². The van der Waals surface area contributed by atoms with Crippen LogP contribution >= 0.6 is 0 Å². The number of rotatable bonds is 4. The quantitative estimate of drug-likeness (QED) is 0.913. The molecular weight excluding hydrogens is 335 g/mol. The molecule has 0 aromatic carbocycles. The van der Waals surface area contributed by atoms with E-state index in [4.69, 9.17) is 5.11 Å². The minimum atomic E-state index is -4.56. The zero-order valence-corrected chi connectivity index (χ0v) is 13.9. The lowest BCUT2D eigenvalue weighted by molar-refractivity contribution is -0.142. The second-order valence-corrected chi connectivity index (χ2v) is 6.10. The maximum atomic E-state index is 12.9. The second-order valence-electron chi connectivity index (χ2n) is 6.10.